The maximum Gasteiger partial charge on any atom is 0.337 e. The monoisotopic (exact) mass is 289 g/mol. The van der Waals surface area contributed by atoms with Crippen LogP contribution in [0.25, 0.3) is 11.0 Å². The maximum absolute atomic E-state index is 11.5. The Balaban J connectivity index is 2.59. The molecular weight excluding hydrogens is 270 g/mol. The van der Waals surface area contributed by atoms with E-state index in [-0.39, 0.29) is 23.8 Å². The van der Waals surface area contributed by atoms with Crippen LogP contribution < -0.4 is 5.32 Å². The summed E-state index contributed by atoms with van der Waals surface area (Å²) >= 11 is 0. The first kappa shape index (κ1) is 15.0. The molecule has 0 bridgehead atoms. The third-order valence-electron chi connectivity index (χ3n) is 3.38. The lowest BCUT2D eigenvalue weighted by atomic mass is 10.1. The largest absolute Gasteiger partial charge is 0.478 e. The molecule has 0 saturated heterocycles. The van der Waals surface area contributed by atoms with Crippen LogP contribution in [-0.2, 0) is 11.3 Å². The summed E-state index contributed by atoms with van der Waals surface area (Å²) in [6, 6.07) is 5.04. The highest BCUT2D eigenvalue weighted by atomic mass is 16.4. The standard InChI is InChI=1S/C15H19N3O3/c1-9(2)14-17-11-6-4-5-10(15(20)21)13(11)18(14)8-7-12(19)16-3/h4-6,9H,7-8H2,1-3H3,(H,16,19)(H,20,21). The summed E-state index contributed by atoms with van der Waals surface area (Å²) in [6.45, 7) is 4.41. The fourth-order valence-corrected chi connectivity index (χ4v) is 2.38. The number of fused-ring (bicyclic) bond motifs is 1. The molecule has 0 aliphatic rings. The Hall–Kier alpha value is -2.37. The molecule has 1 aromatic heterocycles. The highest BCUT2D eigenvalue weighted by Gasteiger charge is 2.19. The molecule has 6 heteroatoms. The number of benzene rings is 1. The number of aromatic carboxylic acids is 1. The highest BCUT2D eigenvalue weighted by Crippen LogP contribution is 2.25. The van der Waals surface area contributed by atoms with Crippen molar-refractivity contribution in [3.05, 3.63) is 29.6 Å². The quantitative estimate of drug-likeness (QED) is 0.881. The van der Waals surface area contributed by atoms with Gasteiger partial charge in [0.1, 0.15) is 5.82 Å². The zero-order valence-corrected chi connectivity index (χ0v) is 12.4. The minimum absolute atomic E-state index is 0.0839. The van der Waals surface area contributed by atoms with Crippen LogP contribution in [0.2, 0.25) is 0 Å². The molecule has 2 aromatic rings. The summed E-state index contributed by atoms with van der Waals surface area (Å²) in [5.74, 6) is -0.136. The zero-order chi connectivity index (χ0) is 15.6. The van der Waals surface area contributed by atoms with Crippen molar-refractivity contribution < 1.29 is 14.7 Å². The molecule has 6 nitrogen and oxygen atoms in total. The molecule has 1 amide bonds. The second kappa shape index (κ2) is 5.95. The number of hydrogen-bond acceptors (Lipinski definition) is 3. The van der Waals surface area contributed by atoms with Crippen LogP contribution in [0.1, 0.15) is 42.4 Å². The molecule has 0 saturated carbocycles. The number of hydrogen-bond donors (Lipinski definition) is 2. The number of nitrogens with zero attached hydrogens (tertiary/aromatic N) is 2. The van der Waals surface area contributed by atoms with E-state index in [1.54, 1.807) is 25.2 Å². The Morgan fingerprint density at radius 2 is 2.10 bits per heavy atom. The molecule has 21 heavy (non-hydrogen) atoms. The van der Waals surface area contributed by atoms with Gasteiger partial charge in [0.2, 0.25) is 5.91 Å². The molecule has 0 spiro atoms. The Bertz CT molecular complexity index is 689. The summed E-state index contributed by atoms with van der Waals surface area (Å²) < 4.78 is 1.85. The van der Waals surface area contributed by atoms with Gasteiger partial charge < -0.3 is 15.0 Å². The van der Waals surface area contributed by atoms with Gasteiger partial charge in [-0.1, -0.05) is 19.9 Å². The summed E-state index contributed by atoms with van der Waals surface area (Å²) in [5.41, 5.74) is 1.44. The molecule has 0 radical (unpaired) electrons. The van der Waals surface area contributed by atoms with Crippen molar-refractivity contribution in [1.82, 2.24) is 14.9 Å². The van der Waals surface area contributed by atoms with Gasteiger partial charge in [-0.15, -0.1) is 0 Å². The third kappa shape index (κ3) is 2.89. The van der Waals surface area contributed by atoms with Crippen molar-refractivity contribution >= 4 is 22.9 Å². The van der Waals surface area contributed by atoms with E-state index in [0.717, 1.165) is 5.82 Å². The van der Waals surface area contributed by atoms with Crippen molar-refractivity contribution in [2.45, 2.75) is 32.7 Å². The number of carboxylic acids is 1. The molecular formula is C15H19N3O3. The van der Waals surface area contributed by atoms with Crippen LogP contribution in [0.4, 0.5) is 0 Å². The van der Waals surface area contributed by atoms with Crippen molar-refractivity contribution in [3.63, 3.8) is 0 Å². The first-order chi connectivity index (χ1) is 9.95. The topological polar surface area (TPSA) is 84.2 Å². The second-order valence-corrected chi connectivity index (χ2v) is 5.18. The molecule has 1 aromatic carbocycles. The Labute approximate surface area is 122 Å². The minimum atomic E-state index is -0.989. The van der Waals surface area contributed by atoms with Crippen LogP contribution in [-0.4, -0.2) is 33.6 Å². The Kier molecular flexibility index (Phi) is 4.26. The average Bonchev–Trinajstić information content (AvgIpc) is 2.83. The van der Waals surface area contributed by atoms with Crippen molar-refractivity contribution in [3.8, 4) is 0 Å². The summed E-state index contributed by atoms with van der Waals surface area (Å²) in [6.07, 6.45) is 0.287. The van der Waals surface area contributed by atoms with E-state index in [9.17, 15) is 14.7 Å². The summed E-state index contributed by atoms with van der Waals surface area (Å²) in [4.78, 5) is 27.4. The van der Waals surface area contributed by atoms with Gasteiger partial charge in [0, 0.05) is 25.9 Å². The summed E-state index contributed by atoms with van der Waals surface area (Å²) in [7, 11) is 1.58. The maximum atomic E-state index is 11.5. The van der Waals surface area contributed by atoms with Crippen molar-refractivity contribution in [2.24, 2.45) is 0 Å². The zero-order valence-electron chi connectivity index (χ0n) is 12.4. The molecule has 2 rings (SSSR count). The van der Waals surface area contributed by atoms with E-state index in [0.29, 0.717) is 17.6 Å². The predicted molar refractivity (Wildman–Crippen MR) is 79.5 cm³/mol. The van der Waals surface area contributed by atoms with Crippen LogP contribution in [0, 0.1) is 0 Å². The van der Waals surface area contributed by atoms with Crippen LogP contribution in [0.3, 0.4) is 0 Å². The first-order valence-corrected chi connectivity index (χ1v) is 6.88. The lowest BCUT2D eigenvalue weighted by Crippen LogP contribution is -2.20. The van der Waals surface area contributed by atoms with E-state index in [4.69, 9.17) is 0 Å². The summed E-state index contributed by atoms with van der Waals surface area (Å²) in [5, 5.41) is 11.9. The van der Waals surface area contributed by atoms with Gasteiger partial charge in [-0.05, 0) is 12.1 Å². The van der Waals surface area contributed by atoms with E-state index in [1.165, 1.54) is 0 Å². The molecule has 0 aliphatic heterocycles. The third-order valence-corrected chi connectivity index (χ3v) is 3.38. The smallest absolute Gasteiger partial charge is 0.337 e. The number of aryl methyl sites for hydroxylation is 1. The van der Waals surface area contributed by atoms with Gasteiger partial charge in [-0.2, -0.15) is 0 Å². The highest BCUT2D eigenvalue weighted by molar-refractivity contribution is 6.01. The normalized spacial score (nSPS) is 11.0. The van der Waals surface area contributed by atoms with Gasteiger partial charge in [0.15, 0.2) is 0 Å². The number of carboxylic acid groups (broad SMARTS) is 1. The fourth-order valence-electron chi connectivity index (χ4n) is 2.38. The molecule has 0 fully saturated rings. The van der Waals surface area contributed by atoms with E-state index in [1.807, 2.05) is 18.4 Å². The van der Waals surface area contributed by atoms with Gasteiger partial charge in [-0.25, -0.2) is 9.78 Å². The van der Waals surface area contributed by atoms with E-state index in [2.05, 4.69) is 10.3 Å². The molecule has 0 atom stereocenters. The number of nitrogens with one attached hydrogen (secondary N) is 1. The average molecular weight is 289 g/mol. The van der Waals surface area contributed by atoms with Crippen LogP contribution in [0.5, 0.6) is 0 Å². The van der Waals surface area contributed by atoms with Crippen LogP contribution >= 0.6 is 0 Å². The number of carbonyl (C=O) groups is 2. The van der Waals surface area contributed by atoms with E-state index >= 15 is 0 Å². The lowest BCUT2D eigenvalue weighted by molar-refractivity contribution is -0.120. The van der Waals surface area contributed by atoms with Gasteiger partial charge in [0.25, 0.3) is 0 Å². The number of carbonyl (C=O) groups excluding carboxylic acids is 1. The number of rotatable bonds is 5. The molecule has 0 unspecified atom stereocenters. The Morgan fingerprint density at radius 1 is 1.38 bits per heavy atom. The first-order valence-electron chi connectivity index (χ1n) is 6.88. The molecule has 2 N–H and O–H groups in total. The second-order valence-electron chi connectivity index (χ2n) is 5.18. The number of amides is 1. The SMILES string of the molecule is CNC(=O)CCn1c(C(C)C)nc2cccc(C(=O)O)c21. The fraction of sp³-hybridized carbons (Fsp3) is 0.400. The van der Waals surface area contributed by atoms with Gasteiger partial charge >= 0.3 is 5.97 Å². The molecule has 1 heterocycles. The van der Waals surface area contributed by atoms with Crippen LogP contribution in [0.15, 0.2) is 18.2 Å². The molecule has 0 aliphatic carbocycles. The number of imidazole rings is 1. The minimum Gasteiger partial charge on any atom is -0.478 e. The van der Waals surface area contributed by atoms with E-state index < -0.39 is 5.97 Å². The van der Waals surface area contributed by atoms with Crippen molar-refractivity contribution in [1.29, 1.82) is 0 Å². The van der Waals surface area contributed by atoms with Crippen molar-refractivity contribution in [2.75, 3.05) is 7.05 Å². The lowest BCUT2D eigenvalue weighted by Gasteiger charge is -2.12. The van der Waals surface area contributed by atoms with Gasteiger partial charge in [-0.3, -0.25) is 4.79 Å². The predicted octanol–water partition coefficient (Wildman–Crippen LogP) is 1.99. The number of para-hydroxylation sites is 1. The Morgan fingerprint density at radius 3 is 2.67 bits per heavy atom. The molecule has 112 valence electrons. The number of aromatic nitrogens is 2. The van der Waals surface area contributed by atoms with Gasteiger partial charge in [0.05, 0.1) is 16.6 Å².